The Bertz CT molecular complexity index is 1160. The molecule has 31 heavy (non-hydrogen) atoms. The lowest BCUT2D eigenvalue weighted by Crippen LogP contribution is -2.13. The monoisotopic (exact) mass is 538 g/mol. The average molecular weight is 540 g/mol. The fourth-order valence-electron chi connectivity index (χ4n) is 3.12. The van der Waals surface area contributed by atoms with Crippen LogP contribution < -0.4 is 10.1 Å². The molecule has 0 aliphatic rings. The molecule has 0 saturated heterocycles. The maximum Gasteiger partial charge on any atom is 0.266 e. The highest BCUT2D eigenvalue weighted by molar-refractivity contribution is 9.11. The van der Waals surface area contributed by atoms with Gasteiger partial charge in [0.1, 0.15) is 24.0 Å². The van der Waals surface area contributed by atoms with Crippen LogP contribution in [0, 0.1) is 25.2 Å². The van der Waals surface area contributed by atoms with E-state index in [1.807, 2.05) is 80.6 Å². The Kier molecular flexibility index (Phi) is 7.67. The van der Waals surface area contributed by atoms with Crippen molar-refractivity contribution in [2.75, 3.05) is 5.32 Å². The Morgan fingerprint density at radius 2 is 1.74 bits per heavy atom. The zero-order chi connectivity index (χ0) is 22.4. The molecule has 0 aliphatic heterocycles. The van der Waals surface area contributed by atoms with Crippen molar-refractivity contribution in [3.05, 3.63) is 97.4 Å². The molecule has 1 N–H and O–H groups in total. The molecule has 0 heterocycles. The molecule has 6 heteroatoms. The lowest BCUT2D eigenvalue weighted by Gasteiger charge is -2.13. The number of rotatable bonds is 6. The minimum atomic E-state index is -0.474. The molecule has 0 fully saturated rings. The van der Waals surface area contributed by atoms with E-state index in [9.17, 15) is 10.1 Å². The number of carbonyl (C=O) groups excluding carboxylic acids is 1. The van der Waals surface area contributed by atoms with Gasteiger partial charge < -0.3 is 10.1 Å². The van der Waals surface area contributed by atoms with Crippen molar-refractivity contribution >= 4 is 49.5 Å². The van der Waals surface area contributed by atoms with Crippen molar-refractivity contribution < 1.29 is 9.53 Å². The molecule has 3 aromatic rings. The molecule has 0 radical (unpaired) electrons. The summed E-state index contributed by atoms with van der Waals surface area (Å²) < 4.78 is 7.55. The fraction of sp³-hybridized carbons (Fsp3) is 0.120. The summed E-state index contributed by atoms with van der Waals surface area (Å²) in [5.74, 6) is 0.0802. The second-order valence-corrected chi connectivity index (χ2v) is 8.85. The van der Waals surface area contributed by atoms with Gasteiger partial charge in [0.05, 0.1) is 4.47 Å². The summed E-state index contributed by atoms with van der Waals surface area (Å²) in [7, 11) is 0. The predicted octanol–water partition coefficient (Wildman–Crippen LogP) is 6.95. The van der Waals surface area contributed by atoms with Gasteiger partial charge in [-0.05, 0) is 76.8 Å². The van der Waals surface area contributed by atoms with Gasteiger partial charge in [0, 0.05) is 15.7 Å². The first-order valence-corrected chi connectivity index (χ1v) is 11.1. The van der Waals surface area contributed by atoms with Crippen molar-refractivity contribution in [3.8, 4) is 11.8 Å². The van der Waals surface area contributed by atoms with E-state index in [-0.39, 0.29) is 5.57 Å². The van der Waals surface area contributed by atoms with Crippen molar-refractivity contribution in [1.29, 1.82) is 5.26 Å². The molecule has 0 bridgehead atoms. The molecule has 0 aromatic heterocycles. The molecule has 1 amide bonds. The number of anilines is 1. The highest BCUT2D eigenvalue weighted by Gasteiger charge is 2.15. The van der Waals surface area contributed by atoms with Crippen LogP contribution in [0.5, 0.6) is 5.75 Å². The van der Waals surface area contributed by atoms with E-state index in [0.717, 1.165) is 25.6 Å². The number of amides is 1. The highest BCUT2D eigenvalue weighted by Crippen LogP contribution is 2.35. The summed E-state index contributed by atoms with van der Waals surface area (Å²) in [4.78, 5) is 12.8. The van der Waals surface area contributed by atoms with Gasteiger partial charge in [-0.25, -0.2) is 0 Å². The number of nitrogens with zero attached hydrogens (tertiary/aromatic N) is 1. The quantitative estimate of drug-likeness (QED) is 0.272. The number of hydrogen-bond acceptors (Lipinski definition) is 3. The highest BCUT2D eigenvalue weighted by atomic mass is 79.9. The standard InChI is InChI=1S/C25H20Br2N2O2/c1-16-8-17(2)10-22(9-16)29-25(30)20(14-28)11-19-12-21(26)13-23(27)24(19)31-15-18-6-4-3-5-7-18/h3-13H,15H2,1-2H3,(H,29,30)/b20-11+. The zero-order valence-electron chi connectivity index (χ0n) is 17.1. The number of benzene rings is 3. The van der Waals surface area contributed by atoms with Gasteiger partial charge in [0.15, 0.2) is 0 Å². The molecular weight excluding hydrogens is 520 g/mol. The number of nitriles is 1. The summed E-state index contributed by atoms with van der Waals surface area (Å²) in [6, 6.07) is 21.2. The topological polar surface area (TPSA) is 62.1 Å². The van der Waals surface area contributed by atoms with E-state index in [1.165, 1.54) is 6.08 Å². The molecule has 0 saturated carbocycles. The average Bonchev–Trinajstić information content (AvgIpc) is 2.71. The summed E-state index contributed by atoms with van der Waals surface area (Å²) in [6.07, 6.45) is 1.54. The van der Waals surface area contributed by atoms with Crippen LogP contribution in [0.3, 0.4) is 0 Å². The lowest BCUT2D eigenvalue weighted by molar-refractivity contribution is -0.112. The third kappa shape index (κ3) is 6.30. The molecular formula is C25H20Br2N2O2. The maximum atomic E-state index is 12.8. The molecule has 0 spiro atoms. The first kappa shape index (κ1) is 22.8. The van der Waals surface area contributed by atoms with Gasteiger partial charge in [-0.15, -0.1) is 0 Å². The van der Waals surface area contributed by atoms with Crippen LogP contribution in [0.1, 0.15) is 22.3 Å². The molecule has 3 aromatic carbocycles. The smallest absolute Gasteiger partial charge is 0.266 e. The molecule has 0 atom stereocenters. The van der Waals surface area contributed by atoms with Gasteiger partial charge in [0.25, 0.3) is 5.91 Å². The second-order valence-electron chi connectivity index (χ2n) is 7.08. The predicted molar refractivity (Wildman–Crippen MR) is 131 cm³/mol. The van der Waals surface area contributed by atoms with Crippen LogP contribution in [-0.2, 0) is 11.4 Å². The van der Waals surface area contributed by atoms with Crippen LogP contribution in [0.25, 0.3) is 6.08 Å². The third-order valence-corrected chi connectivity index (χ3v) is 5.45. The Hall–Kier alpha value is -2.88. The van der Waals surface area contributed by atoms with Crippen molar-refractivity contribution in [3.63, 3.8) is 0 Å². The maximum absolute atomic E-state index is 12.8. The number of carbonyl (C=O) groups is 1. The molecule has 4 nitrogen and oxygen atoms in total. The lowest BCUT2D eigenvalue weighted by atomic mass is 10.1. The van der Waals surface area contributed by atoms with E-state index < -0.39 is 5.91 Å². The van der Waals surface area contributed by atoms with E-state index >= 15 is 0 Å². The largest absolute Gasteiger partial charge is 0.487 e. The van der Waals surface area contributed by atoms with E-state index in [4.69, 9.17) is 4.74 Å². The van der Waals surface area contributed by atoms with Gasteiger partial charge in [-0.3, -0.25) is 4.79 Å². The summed E-state index contributed by atoms with van der Waals surface area (Å²) in [6.45, 7) is 4.27. The van der Waals surface area contributed by atoms with E-state index in [1.54, 1.807) is 0 Å². The SMILES string of the molecule is Cc1cc(C)cc(NC(=O)/C(C#N)=C/c2cc(Br)cc(Br)c2OCc2ccccc2)c1. The Labute approximate surface area is 198 Å². The Morgan fingerprint density at radius 3 is 2.39 bits per heavy atom. The van der Waals surface area contributed by atoms with Crippen LogP contribution in [0.2, 0.25) is 0 Å². The molecule has 0 aliphatic carbocycles. The van der Waals surface area contributed by atoms with Gasteiger partial charge in [0.2, 0.25) is 0 Å². The van der Waals surface area contributed by atoms with Crippen molar-refractivity contribution in [2.45, 2.75) is 20.5 Å². The molecule has 3 rings (SSSR count). The normalized spacial score (nSPS) is 11.0. The molecule has 156 valence electrons. The van der Waals surface area contributed by atoms with Gasteiger partial charge >= 0.3 is 0 Å². The van der Waals surface area contributed by atoms with Gasteiger partial charge in [-0.2, -0.15) is 5.26 Å². The fourth-order valence-corrected chi connectivity index (χ4v) is 4.49. The number of ether oxygens (including phenoxy) is 1. The molecule has 0 unspecified atom stereocenters. The van der Waals surface area contributed by atoms with Crippen molar-refractivity contribution in [1.82, 2.24) is 0 Å². The van der Waals surface area contributed by atoms with E-state index in [2.05, 4.69) is 37.2 Å². The summed E-state index contributed by atoms with van der Waals surface area (Å²) in [5, 5.41) is 12.4. The second kappa shape index (κ2) is 10.4. The van der Waals surface area contributed by atoms with E-state index in [0.29, 0.717) is 23.6 Å². The number of halogens is 2. The number of aryl methyl sites for hydroxylation is 2. The summed E-state index contributed by atoms with van der Waals surface area (Å²) in [5.41, 5.74) is 4.33. The van der Waals surface area contributed by atoms with Crippen LogP contribution in [0.15, 0.2) is 75.2 Å². The summed E-state index contributed by atoms with van der Waals surface area (Å²) >= 11 is 6.99. The third-order valence-electron chi connectivity index (χ3n) is 4.41. The minimum Gasteiger partial charge on any atom is -0.487 e. The minimum absolute atomic E-state index is 0.0197. The first-order chi connectivity index (χ1) is 14.9. The number of hydrogen-bond donors (Lipinski definition) is 1. The van der Waals surface area contributed by atoms with Crippen LogP contribution in [0.4, 0.5) is 5.69 Å². The zero-order valence-corrected chi connectivity index (χ0v) is 20.2. The van der Waals surface area contributed by atoms with Gasteiger partial charge in [-0.1, -0.05) is 52.3 Å². The number of nitrogens with one attached hydrogen (secondary N) is 1. The Morgan fingerprint density at radius 1 is 1.06 bits per heavy atom. The van der Waals surface area contributed by atoms with Crippen LogP contribution >= 0.6 is 31.9 Å². The first-order valence-electron chi connectivity index (χ1n) is 9.53. The van der Waals surface area contributed by atoms with Crippen LogP contribution in [-0.4, -0.2) is 5.91 Å². The van der Waals surface area contributed by atoms with Crippen molar-refractivity contribution in [2.24, 2.45) is 0 Å². The Balaban J connectivity index is 1.90.